The number of benzene rings is 1. The van der Waals surface area contributed by atoms with Crippen LogP contribution in [0.5, 0.6) is 0 Å². The van der Waals surface area contributed by atoms with Crippen LogP contribution in [0.15, 0.2) is 39.4 Å². The van der Waals surface area contributed by atoms with Crippen molar-refractivity contribution in [1.29, 1.82) is 0 Å². The van der Waals surface area contributed by atoms with Crippen LogP contribution < -0.4 is 10.6 Å². The summed E-state index contributed by atoms with van der Waals surface area (Å²) in [5.74, 6) is 0.777. The molecule has 1 heterocycles. The van der Waals surface area contributed by atoms with Crippen molar-refractivity contribution in [3.8, 4) is 0 Å². The van der Waals surface area contributed by atoms with Gasteiger partial charge in [-0.1, -0.05) is 6.07 Å². The Bertz CT molecular complexity index is 637. The zero-order chi connectivity index (χ0) is 15.4. The number of rotatable bonds is 5. The van der Waals surface area contributed by atoms with Crippen LogP contribution in [0.4, 0.5) is 5.69 Å². The van der Waals surface area contributed by atoms with Crippen molar-refractivity contribution in [1.82, 2.24) is 5.32 Å². The molecule has 1 unspecified atom stereocenters. The molecule has 2 N–H and O–H groups in total. The van der Waals surface area contributed by atoms with Gasteiger partial charge in [0, 0.05) is 17.8 Å². The highest BCUT2D eigenvalue weighted by molar-refractivity contribution is 9.10. The minimum atomic E-state index is -0.0612. The molecule has 0 fully saturated rings. The second-order valence-corrected chi connectivity index (χ2v) is 5.68. The van der Waals surface area contributed by atoms with Gasteiger partial charge in [0.2, 0.25) is 0 Å². The standard InChI is InChI=1S/C16H19BrN2O2/c1-4-18-16(20)12-6-5-10(2)13(9-12)19-11(3)14-7-8-15(17)21-14/h5-9,11,19H,4H2,1-3H3,(H,18,20). The van der Waals surface area contributed by atoms with Gasteiger partial charge in [0.1, 0.15) is 5.76 Å². The molecule has 4 nitrogen and oxygen atoms in total. The Morgan fingerprint density at radius 1 is 1.33 bits per heavy atom. The van der Waals surface area contributed by atoms with E-state index in [1.165, 1.54) is 0 Å². The second kappa shape index (κ2) is 6.80. The number of halogens is 1. The molecule has 0 radical (unpaired) electrons. The van der Waals surface area contributed by atoms with Gasteiger partial charge in [-0.2, -0.15) is 0 Å². The third-order valence-corrected chi connectivity index (χ3v) is 3.66. The van der Waals surface area contributed by atoms with E-state index in [4.69, 9.17) is 4.42 Å². The van der Waals surface area contributed by atoms with E-state index in [0.29, 0.717) is 16.8 Å². The third-order valence-electron chi connectivity index (χ3n) is 3.23. The Kier molecular flexibility index (Phi) is 5.07. The summed E-state index contributed by atoms with van der Waals surface area (Å²) in [5.41, 5.74) is 2.66. The minimum absolute atomic E-state index is 0.0134. The van der Waals surface area contributed by atoms with Crippen molar-refractivity contribution in [2.24, 2.45) is 0 Å². The summed E-state index contributed by atoms with van der Waals surface area (Å²) in [4.78, 5) is 11.9. The number of hydrogen-bond donors (Lipinski definition) is 2. The van der Waals surface area contributed by atoms with Gasteiger partial charge in [0.15, 0.2) is 4.67 Å². The highest BCUT2D eigenvalue weighted by atomic mass is 79.9. The zero-order valence-electron chi connectivity index (χ0n) is 12.4. The lowest BCUT2D eigenvalue weighted by atomic mass is 10.1. The Hall–Kier alpha value is -1.75. The summed E-state index contributed by atoms with van der Waals surface area (Å²) in [6.45, 7) is 6.55. The van der Waals surface area contributed by atoms with Crippen molar-refractivity contribution in [3.63, 3.8) is 0 Å². The molecule has 1 amide bonds. The van der Waals surface area contributed by atoms with Crippen LogP contribution in [0.2, 0.25) is 0 Å². The molecule has 1 aromatic carbocycles. The summed E-state index contributed by atoms with van der Waals surface area (Å²) < 4.78 is 6.26. The SMILES string of the molecule is CCNC(=O)c1ccc(C)c(NC(C)c2ccc(Br)o2)c1. The zero-order valence-corrected chi connectivity index (χ0v) is 14.0. The summed E-state index contributed by atoms with van der Waals surface area (Å²) in [5, 5.41) is 6.19. The molecule has 1 aromatic heterocycles. The van der Waals surface area contributed by atoms with Crippen LogP contribution in [0, 0.1) is 6.92 Å². The molecule has 0 saturated carbocycles. The van der Waals surface area contributed by atoms with Crippen LogP contribution >= 0.6 is 15.9 Å². The second-order valence-electron chi connectivity index (χ2n) is 4.90. The van der Waals surface area contributed by atoms with Gasteiger partial charge in [-0.25, -0.2) is 0 Å². The van der Waals surface area contributed by atoms with E-state index < -0.39 is 0 Å². The van der Waals surface area contributed by atoms with Crippen molar-refractivity contribution in [3.05, 3.63) is 51.9 Å². The van der Waals surface area contributed by atoms with Crippen LogP contribution in [0.3, 0.4) is 0 Å². The van der Waals surface area contributed by atoms with Crippen LogP contribution in [0.25, 0.3) is 0 Å². The predicted octanol–water partition coefficient (Wildman–Crippen LogP) is 4.27. The Labute approximate surface area is 133 Å². The molecule has 1 atom stereocenters. The van der Waals surface area contributed by atoms with E-state index in [1.807, 2.05) is 51.1 Å². The summed E-state index contributed by atoms with van der Waals surface area (Å²) in [6.07, 6.45) is 0. The van der Waals surface area contributed by atoms with Gasteiger partial charge >= 0.3 is 0 Å². The molecule has 0 aliphatic rings. The number of hydrogen-bond acceptors (Lipinski definition) is 3. The predicted molar refractivity (Wildman–Crippen MR) is 87.6 cm³/mol. The summed E-state index contributed by atoms with van der Waals surface area (Å²) >= 11 is 3.30. The fourth-order valence-electron chi connectivity index (χ4n) is 2.05. The lowest BCUT2D eigenvalue weighted by Crippen LogP contribution is -2.22. The topological polar surface area (TPSA) is 54.3 Å². The van der Waals surface area contributed by atoms with E-state index >= 15 is 0 Å². The number of amides is 1. The fraction of sp³-hybridized carbons (Fsp3) is 0.312. The molecule has 21 heavy (non-hydrogen) atoms. The van der Waals surface area contributed by atoms with Crippen LogP contribution in [-0.2, 0) is 0 Å². The quantitative estimate of drug-likeness (QED) is 0.846. The average molecular weight is 351 g/mol. The van der Waals surface area contributed by atoms with Gasteiger partial charge in [0.25, 0.3) is 5.91 Å². The molecular formula is C16H19BrN2O2. The lowest BCUT2D eigenvalue weighted by Gasteiger charge is -2.16. The first-order valence-electron chi connectivity index (χ1n) is 6.92. The monoisotopic (exact) mass is 350 g/mol. The number of carbonyl (C=O) groups excluding carboxylic acids is 1. The first kappa shape index (κ1) is 15.6. The van der Waals surface area contributed by atoms with E-state index in [2.05, 4.69) is 26.6 Å². The fourth-order valence-corrected chi connectivity index (χ4v) is 2.37. The van der Waals surface area contributed by atoms with Crippen molar-refractivity contribution in [2.45, 2.75) is 26.8 Å². The highest BCUT2D eigenvalue weighted by Crippen LogP contribution is 2.26. The largest absolute Gasteiger partial charge is 0.452 e. The summed E-state index contributed by atoms with van der Waals surface area (Å²) in [6, 6.07) is 9.45. The number of aryl methyl sites for hydroxylation is 1. The highest BCUT2D eigenvalue weighted by Gasteiger charge is 2.13. The van der Waals surface area contributed by atoms with E-state index in [-0.39, 0.29) is 11.9 Å². The smallest absolute Gasteiger partial charge is 0.251 e. The van der Waals surface area contributed by atoms with Crippen molar-refractivity contribution < 1.29 is 9.21 Å². The van der Waals surface area contributed by atoms with Crippen molar-refractivity contribution >= 4 is 27.5 Å². The van der Waals surface area contributed by atoms with E-state index in [1.54, 1.807) is 0 Å². The normalized spacial score (nSPS) is 12.0. The Balaban J connectivity index is 2.19. The van der Waals surface area contributed by atoms with Gasteiger partial charge in [-0.15, -0.1) is 0 Å². The maximum absolute atomic E-state index is 11.9. The minimum Gasteiger partial charge on any atom is -0.452 e. The van der Waals surface area contributed by atoms with Crippen molar-refractivity contribution in [2.75, 3.05) is 11.9 Å². The maximum Gasteiger partial charge on any atom is 0.251 e. The number of furan rings is 1. The molecule has 0 aliphatic carbocycles. The van der Waals surface area contributed by atoms with Gasteiger partial charge < -0.3 is 15.1 Å². The summed E-state index contributed by atoms with van der Waals surface area (Å²) in [7, 11) is 0. The van der Waals surface area contributed by atoms with Crippen LogP contribution in [0.1, 0.15) is 41.6 Å². The Morgan fingerprint density at radius 2 is 2.10 bits per heavy atom. The third kappa shape index (κ3) is 3.88. The lowest BCUT2D eigenvalue weighted by molar-refractivity contribution is 0.0956. The molecular weight excluding hydrogens is 332 g/mol. The van der Waals surface area contributed by atoms with Gasteiger partial charge in [-0.05, 0) is 66.5 Å². The first-order chi connectivity index (χ1) is 10.0. The molecule has 0 spiro atoms. The maximum atomic E-state index is 11.9. The van der Waals surface area contributed by atoms with E-state index in [0.717, 1.165) is 17.0 Å². The number of nitrogens with one attached hydrogen (secondary N) is 2. The average Bonchev–Trinajstić information content (AvgIpc) is 2.88. The number of anilines is 1. The molecule has 0 saturated heterocycles. The molecule has 0 aliphatic heterocycles. The first-order valence-corrected chi connectivity index (χ1v) is 7.71. The molecule has 112 valence electrons. The molecule has 0 bridgehead atoms. The molecule has 5 heteroatoms. The number of carbonyl (C=O) groups is 1. The molecule has 2 rings (SSSR count). The van der Waals surface area contributed by atoms with Gasteiger partial charge in [-0.3, -0.25) is 4.79 Å². The van der Waals surface area contributed by atoms with Gasteiger partial charge in [0.05, 0.1) is 6.04 Å². The Morgan fingerprint density at radius 3 is 2.71 bits per heavy atom. The molecule has 2 aromatic rings. The van der Waals surface area contributed by atoms with E-state index in [9.17, 15) is 4.79 Å². The van der Waals surface area contributed by atoms with Crippen LogP contribution in [-0.4, -0.2) is 12.5 Å².